The molecule has 1 fully saturated rings. The van der Waals surface area contributed by atoms with Crippen LogP contribution in [0.4, 0.5) is 0 Å². The molecule has 0 bridgehead atoms. The van der Waals surface area contributed by atoms with Gasteiger partial charge in [0, 0.05) is 7.05 Å². The first kappa shape index (κ1) is 15.0. The van der Waals surface area contributed by atoms with Crippen LogP contribution in [0.2, 0.25) is 0 Å². The molecule has 1 atom stereocenters. The molecular weight excluding hydrogens is 232 g/mol. The van der Waals surface area contributed by atoms with Gasteiger partial charge in [-0.05, 0) is 39.7 Å². The van der Waals surface area contributed by atoms with Crippen molar-refractivity contribution >= 4 is 11.9 Å². The maximum absolute atomic E-state index is 12.6. The van der Waals surface area contributed by atoms with Gasteiger partial charge in [0.15, 0.2) is 0 Å². The first-order chi connectivity index (χ1) is 8.28. The largest absolute Gasteiger partial charge is 0.480 e. The van der Waals surface area contributed by atoms with Crippen molar-refractivity contribution < 1.29 is 14.7 Å². The molecule has 104 valence electrons. The first-order valence-corrected chi connectivity index (χ1v) is 6.54. The number of carbonyl (C=O) groups is 2. The minimum Gasteiger partial charge on any atom is -0.480 e. The van der Waals surface area contributed by atoms with Crippen molar-refractivity contribution in [3.8, 4) is 0 Å². The summed E-state index contributed by atoms with van der Waals surface area (Å²) in [6.45, 7) is 5.98. The Morgan fingerprint density at radius 2 is 2.06 bits per heavy atom. The molecule has 0 spiro atoms. The molecule has 0 radical (unpaired) electrons. The van der Waals surface area contributed by atoms with Crippen LogP contribution >= 0.6 is 0 Å². The second-order valence-corrected chi connectivity index (χ2v) is 5.59. The first-order valence-electron chi connectivity index (χ1n) is 6.54. The molecule has 1 aliphatic heterocycles. The van der Waals surface area contributed by atoms with Crippen molar-refractivity contribution in [1.29, 1.82) is 0 Å². The van der Waals surface area contributed by atoms with Crippen LogP contribution < -0.4 is 5.32 Å². The smallest absolute Gasteiger partial charge is 0.329 e. The fourth-order valence-corrected chi connectivity index (χ4v) is 2.45. The number of aliphatic carboxylic acids is 1. The number of nitrogens with zero attached hydrogens (tertiary/aromatic N) is 1. The SMILES string of the molecule is CCCC1(C(=O)N(C)C(C)(C)C(=O)O)CCCN1. The zero-order chi connectivity index (χ0) is 14.0. The Morgan fingerprint density at radius 3 is 2.44 bits per heavy atom. The molecule has 1 unspecified atom stereocenters. The summed E-state index contributed by atoms with van der Waals surface area (Å²) in [4.78, 5) is 25.2. The van der Waals surface area contributed by atoms with Crippen LogP contribution in [0.5, 0.6) is 0 Å². The van der Waals surface area contributed by atoms with Crippen molar-refractivity contribution in [2.45, 2.75) is 57.5 Å². The van der Waals surface area contributed by atoms with E-state index in [1.54, 1.807) is 20.9 Å². The van der Waals surface area contributed by atoms with E-state index in [2.05, 4.69) is 5.32 Å². The molecule has 1 saturated heterocycles. The molecule has 0 aromatic rings. The number of amides is 1. The van der Waals surface area contributed by atoms with Gasteiger partial charge < -0.3 is 15.3 Å². The lowest BCUT2D eigenvalue weighted by atomic mass is 9.88. The lowest BCUT2D eigenvalue weighted by molar-refractivity contribution is -0.158. The van der Waals surface area contributed by atoms with Gasteiger partial charge in [0.2, 0.25) is 5.91 Å². The van der Waals surface area contributed by atoms with E-state index < -0.39 is 17.0 Å². The molecule has 1 aliphatic rings. The maximum atomic E-state index is 12.6. The van der Waals surface area contributed by atoms with Crippen LogP contribution in [-0.4, -0.2) is 46.6 Å². The Bertz CT molecular complexity index is 333. The summed E-state index contributed by atoms with van der Waals surface area (Å²) in [5, 5.41) is 12.5. The van der Waals surface area contributed by atoms with Crippen molar-refractivity contribution in [2.75, 3.05) is 13.6 Å². The van der Waals surface area contributed by atoms with Crippen molar-refractivity contribution in [2.24, 2.45) is 0 Å². The average molecular weight is 256 g/mol. The molecule has 1 heterocycles. The third kappa shape index (κ3) is 2.51. The number of nitrogens with one attached hydrogen (secondary N) is 1. The van der Waals surface area contributed by atoms with Gasteiger partial charge >= 0.3 is 5.97 Å². The average Bonchev–Trinajstić information content (AvgIpc) is 2.77. The molecule has 0 aliphatic carbocycles. The van der Waals surface area contributed by atoms with Gasteiger partial charge in [-0.2, -0.15) is 0 Å². The zero-order valence-corrected chi connectivity index (χ0v) is 11.7. The number of hydrogen-bond acceptors (Lipinski definition) is 3. The van der Waals surface area contributed by atoms with E-state index in [1.807, 2.05) is 6.92 Å². The minimum absolute atomic E-state index is 0.103. The molecule has 2 N–H and O–H groups in total. The van der Waals surface area contributed by atoms with Crippen LogP contribution in [0, 0.1) is 0 Å². The normalized spacial score (nSPS) is 24.0. The molecule has 5 nitrogen and oxygen atoms in total. The van der Waals surface area contributed by atoms with Gasteiger partial charge in [-0.1, -0.05) is 13.3 Å². The Morgan fingerprint density at radius 1 is 1.44 bits per heavy atom. The zero-order valence-electron chi connectivity index (χ0n) is 11.7. The fraction of sp³-hybridized carbons (Fsp3) is 0.846. The number of carboxylic acids is 1. The Hall–Kier alpha value is -1.10. The van der Waals surface area contributed by atoms with E-state index in [0.29, 0.717) is 0 Å². The predicted octanol–water partition coefficient (Wildman–Crippen LogP) is 1.23. The van der Waals surface area contributed by atoms with E-state index in [4.69, 9.17) is 0 Å². The van der Waals surface area contributed by atoms with Gasteiger partial charge in [-0.25, -0.2) is 4.79 Å². The molecular formula is C13H24N2O3. The van der Waals surface area contributed by atoms with Gasteiger partial charge in [0.05, 0.1) is 5.54 Å². The molecule has 5 heteroatoms. The van der Waals surface area contributed by atoms with Crippen molar-refractivity contribution in [1.82, 2.24) is 10.2 Å². The monoisotopic (exact) mass is 256 g/mol. The van der Waals surface area contributed by atoms with E-state index in [1.165, 1.54) is 4.90 Å². The van der Waals surface area contributed by atoms with Crippen LogP contribution in [-0.2, 0) is 9.59 Å². The summed E-state index contributed by atoms with van der Waals surface area (Å²) in [5.41, 5.74) is -1.74. The van der Waals surface area contributed by atoms with Gasteiger partial charge in [-0.15, -0.1) is 0 Å². The van der Waals surface area contributed by atoms with Crippen LogP contribution in [0.3, 0.4) is 0 Å². The van der Waals surface area contributed by atoms with E-state index in [-0.39, 0.29) is 5.91 Å². The number of hydrogen-bond donors (Lipinski definition) is 2. The third-order valence-corrected chi connectivity index (χ3v) is 4.00. The maximum Gasteiger partial charge on any atom is 0.329 e. The summed E-state index contributed by atoms with van der Waals surface area (Å²) in [6, 6.07) is 0. The molecule has 0 aromatic heterocycles. The summed E-state index contributed by atoms with van der Waals surface area (Å²) < 4.78 is 0. The molecule has 1 amide bonds. The number of likely N-dealkylation sites (N-methyl/N-ethyl adjacent to an activating group) is 1. The van der Waals surface area contributed by atoms with Crippen LogP contribution in [0.1, 0.15) is 46.5 Å². The molecule has 0 aromatic carbocycles. The minimum atomic E-state index is -1.18. The highest BCUT2D eigenvalue weighted by molar-refractivity contribution is 5.91. The summed E-state index contributed by atoms with van der Waals surface area (Å²) >= 11 is 0. The lowest BCUT2D eigenvalue weighted by Gasteiger charge is -2.39. The third-order valence-electron chi connectivity index (χ3n) is 4.00. The lowest BCUT2D eigenvalue weighted by Crippen LogP contribution is -2.61. The highest BCUT2D eigenvalue weighted by atomic mass is 16.4. The fourth-order valence-electron chi connectivity index (χ4n) is 2.45. The topological polar surface area (TPSA) is 69.6 Å². The standard InChI is InChI=1S/C13H24N2O3/c1-5-7-13(8-6-9-14-13)10(16)15(4)12(2,3)11(17)18/h14H,5-9H2,1-4H3,(H,17,18). The number of carboxylic acid groups (broad SMARTS) is 1. The van der Waals surface area contributed by atoms with Gasteiger partial charge in [0.1, 0.15) is 5.54 Å². The summed E-state index contributed by atoms with van der Waals surface area (Å²) in [5.74, 6) is -1.09. The Labute approximate surface area is 109 Å². The number of carbonyl (C=O) groups excluding carboxylic acids is 1. The van der Waals surface area contributed by atoms with Crippen molar-refractivity contribution in [3.63, 3.8) is 0 Å². The van der Waals surface area contributed by atoms with Crippen molar-refractivity contribution in [3.05, 3.63) is 0 Å². The highest BCUT2D eigenvalue weighted by Crippen LogP contribution is 2.29. The second kappa shape index (κ2) is 5.26. The second-order valence-electron chi connectivity index (χ2n) is 5.59. The Kier molecular flexibility index (Phi) is 4.37. The van der Waals surface area contributed by atoms with E-state index in [9.17, 15) is 14.7 Å². The number of rotatable bonds is 5. The quantitative estimate of drug-likeness (QED) is 0.776. The van der Waals surface area contributed by atoms with Gasteiger partial charge in [-0.3, -0.25) is 4.79 Å². The highest BCUT2D eigenvalue weighted by Gasteiger charge is 2.46. The molecule has 18 heavy (non-hydrogen) atoms. The predicted molar refractivity (Wildman–Crippen MR) is 69.4 cm³/mol. The molecule has 1 rings (SSSR count). The van der Waals surface area contributed by atoms with Gasteiger partial charge in [0.25, 0.3) is 0 Å². The van der Waals surface area contributed by atoms with E-state index >= 15 is 0 Å². The summed E-state index contributed by atoms with van der Waals surface area (Å²) in [7, 11) is 1.58. The van der Waals surface area contributed by atoms with Crippen LogP contribution in [0.25, 0.3) is 0 Å². The van der Waals surface area contributed by atoms with Crippen LogP contribution in [0.15, 0.2) is 0 Å². The molecule has 0 saturated carbocycles. The summed E-state index contributed by atoms with van der Waals surface area (Å²) in [6.07, 6.45) is 3.42. The van der Waals surface area contributed by atoms with E-state index in [0.717, 1.165) is 32.2 Å². The Balaban J connectivity index is 2.94.